The highest BCUT2D eigenvalue weighted by atomic mass is 16.4. The molecule has 0 bridgehead atoms. The summed E-state index contributed by atoms with van der Waals surface area (Å²) in [6.45, 7) is 3.79. The molecule has 1 aliphatic rings. The molecule has 1 aromatic rings. The Labute approximate surface area is 100 Å². The van der Waals surface area contributed by atoms with Crippen LogP contribution in [0.15, 0.2) is 12.1 Å². The van der Waals surface area contributed by atoms with Crippen molar-refractivity contribution >= 4 is 11.8 Å². The highest BCUT2D eigenvalue weighted by Gasteiger charge is 2.31. The molecule has 1 aliphatic carbocycles. The van der Waals surface area contributed by atoms with E-state index in [1.807, 2.05) is 13.8 Å². The molecule has 0 heterocycles. The first-order valence-corrected chi connectivity index (χ1v) is 5.85. The third kappa shape index (κ3) is 2.38. The van der Waals surface area contributed by atoms with Crippen LogP contribution in [-0.4, -0.2) is 16.9 Å². The summed E-state index contributed by atoms with van der Waals surface area (Å²) in [6.07, 6.45) is 2.01. The fourth-order valence-corrected chi connectivity index (χ4v) is 2.06. The van der Waals surface area contributed by atoms with E-state index in [-0.39, 0.29) is 18.1 Å². The average molecular weight is 232 g/mol. The summed E-state index contributed by atoms with van der Waals surface area (Å²) in [6, 6.07) is 3.55. The van der Waals surface area contributed by atoms with Gasteiger partial charge in [0.25, 0.3) is 0 Å². The predicted octanol–water partition coefficient (Wildman–Crippen LogP) is 2.52. The quantitative estimate of drug-likeness (QED) is 0.811. The average Bonchev–Trinajstić information content (AvgIpc) is 3.07. The molecule has 1 N–H and O–H groups in total. The maximum atomic E-state index is 12.0. The van der Waals surface area contributed by atoms with Crippen LogP contribution in [0.2, 0.25) is 0 Å². The molecule has 0 spiro atoms. The maximum Gasteiger partial charge on any atom is 0.307 e. The van der Waals surface area contributed by atoms with E-state index in [1.165, 1.54) is 0 Å². The number of carboxylic acids is 1. The second-order valence-corrected chi connectivity index (χ2v) is 4.73. The third-order valence-electron chi connectivity index (χ3n) is 3.45. The highest BCUT2D eigenvalue weighted by molar-refractivity contribution is 6.00. The number of hydrogen-bond acceptors (Lipinski definition) is 2. The topological polar surface area (TPSA) is 54.4 Å². The van der Waals surface area contributed by atoms with Crippen molar-refractivity contribution in [2.24, 2.45) is 5.92 Å². The first-order chi connectivity index (χ1) is 8.00. The molecule has 17 heavy (non-hydrogen) atoms. The lowest BCUT2D eigenvalue weighted by atomic mass is 9.93. The molecule has 0 amide bonds. The van der Waals surface area contributed by atoms with Gasteiger partial charge < -0.3 is 5.11 Å². The van der Waals surface area contributed by atoms with E-state index in [9.17, 15) is 9.59 Å². The Morgan fingerprint density at radius 2 is 1.88 bits per heavy atom. The van der Waals surface area contributed by atoms with E-state index < -0.39 is 5.97 Å². The molecule has 0 unspecified atom stereocenters. The minimum atomic E-state index is -0.839. The van der Waals surface area contributed by atoms with Gasteiger partial charge in [-0.25, -0.2) is 0 Å². The minimum absolute atomic E-state index is 0.0184. The molecule has 0 aromatic heterocycles. The molecule has 90 valence electrons. The van der Waals surface area contributed by atoms with Crippen molar-refractivity contribution in [1.82, 2.24) is 0 Å². The van der Waals surface area contributed by atoms with Crippen molar-refractivity contribution in [3.05, 3.63) is 34.4 Å². The minimum Gasteiger partial charge on any atom is -0.481 e. The van der Waals surface area contributed by atoms with Gasteiger partial charge in [-0.15, -0.1) is 0 Å². The fourth-order valence-electron chi connectivity index (χ4n) is 2.06. The molecule has 0 radical (unpaired) electrons. The molecule has 0 atom stereocenters. The summed E-state index contributed by atoms with van der Waals surface area (Å²) < 4.78 is 0. The monoisotopic (exact) mass is 232 g/mol. The molecule has 1 aromatic carbocycles. The van der Waals surface area contributed by atoms with E-state index in [2.05, 4.69) is 0 Å². The maximum absolute atomic E-state index is 12.0. The Bertz CT molecular complexity index is 484. The Morgan fingerprint density at radius 3 is 2.41 bits per heavy atom. The van der Waals surface area contributed by atoms with Crippen LogP contribution in [0.5, 0.6) is 0 Å². The van der Waals surface area contributed by atoms with Crippen LogP contribution < -0.4 is 0 Å². The molecular formula is C14H16O3. The lowest BCUT2D eigenvalue weighted by Gasteiger charge is -2.11. The van der Waals surface area contributed by atoms with Crippen LogP contribution in [0.1, 0.15) is 39.9 Å². The second kappa shape index (κ2) is 4.32. The Balaban J connectivity index is 2.34. The zero-order chi connectivity index (χ0) is 12.6. The number of Topliss-reactive ketones (excluding diaryl/α,β-unsaturated/α-hetero) is 1. The first kappa shape index (κ1) is 11.8. The van der Waals surface area contributed by atoms with Crippen molar-refractivity contribution in [1.29, 1.82) is 0 Å². The van der Waals surface area contributed by atoms with Crippen LogP contribution in [0.4, 0.5) is 0 Å². The van der Waals surface area contributed by atoms with Crippen LogP contribution in [-0.2, 0) is 11.2 Å². The van der Waals surface area contributed by atoms with Gasteiger partial charge in [-0.1, -0.05) is 12.1 Å². The SMILES string of the molecule is Cc1c(CC(=O)O)ccc(C(=O)C2CC2)c1C. The highest BCUT2D eigenvalue weighted by Crippen LogP contribution is 2.34. The molecule has 3 nitrogen and oxygen atoms in total. The number of carbonyl (C=O) groups excluding carboxylic acids is 1. The van der Waals surface area contributed by atoms with Gasteiger partial charge in [0.15, 0.2) is 5.78 Å². The largest absolute Gasteiger partial charge is 0.481 e. The van der Waals surface area contributed by atoms with Gasteiger partial charge in [-0.2, -0.15) is 0 Å². The van der Waals surface area contributed by atoms with Crippen LogP contribution in [0, 0.1) is 19.8 Å². The van der Waals surface area contributed by atoms with E-state index in [4.69, 9.17) is 5.11 Å². The van der Waals surface area contributed by atoms with Gasteiger partial charge >= 0.3 is 5.97 Å². The van der Waals surface area contributed by atoms with Crippen LogP contribution in [0.25, 0.3) is 0 Å². The molecule has 0 saturated heterocycles. The number of rotatable bonds is 4. The number of benzene rings is 1. The Kier molecular flexibility index (Phi) is 3.01. The number of ketones is 1. The number of aliphatic carboxylic acids is 1. The van der Waals surface area contributed by atoms with Gasteiger partial charge in [-0.3, -0.25) is 9.59 Å². The Hall–Kier alpha value is -1.64. The van der Waals surface area contributed by atoms with Crippen molar-refractivity contribution < 1.29 is 14.7 Å². The molecule has 1 saturated carbocycles. The van der Waals surface area contributed by atoms with Gasteiger partial charge in [0.05, 0.1) is 6.42 Å². The summed E-state index contributed by atoms with van der Waals surface area (Å²) in [7, 11) is 0. The van der Waals surface area contributed by atoms with Crippen LogP contribution >= 0.6 is 0 Å². The summed E-state index contributed by atoms with van der Waals surface area (Å²) >= 11 is 0. The molecular weight excluding hydrogens is 216 g/mol. The number of carbonyl (C=O) groups is 2. The molecule has 0 aliphatic heterocycles. The molecule has 1 fully saturated rings. The molecule has 3 heteroatoms. The van der Waals surface area contributed by atoms with Gasteiger partial charge in [-0.05, 0) is 43.4 Å². The smallest absolute Gasteiger partial charge is 0.307 e. The standard InChI is InChI=1S/C14H16O3/c1-8-9(2)12(14(17)10-3-4-10)6-5-11(8)7-13(15)16/h5-6,10H,3-4,7H2,1-2H3,(H,15,16). The Morgan fingerprint density at radius 1 is 1.24 bits per heavy atom. The lowest BCUT2D eigenvalue weighted by Crippen LogP contribution is -2.08. The fraction of sp³-hybridized carbons (Fsp3) is 0.429. The van der Waals surface area contributed by atoms with E-state index in [0.29, 0.717) is 0 Å². The predicted molar refractivity (Wildman–Crippen MR) is 64.3 cm³/mol. The zero-order valence-electron chi connectivity index (χ0n) is 10.1. The van der Waals surface area contributed by atoms with Crippen molar-refractivity contribution in [3.8, 4) is 0 Å². The van der Waals surface area contributed by atoms with Gasteiger partial charge in [0.1, 0.15) is 0 Å². The van der Waals surface area contributed by atoms with E-state index in [0.717, 1.165) is 35.1 Å². The first-order valence-electron chi connectivity index (χ1n) is 5.85. The zero-order valence-corrected chi connectivity index (χ0v) is 10.1. The third-order valence-corrected chi connectivity index (χ3v) is 3.45. The molecule has 2 rings (SSSR count). The van der Waals surface area contributed by atoms with Gasteiger partial charge in [0.2, 0.25) is 0 Å². The number of carboxylic acid groups (broad SMARTS) is 1. The van der Waals surface area contributed by atoms with Crippen molar-refractivity contribution in [2.45, 2.75) is 33.1 Å². The number of hydrogen-bond donors (Lipinski definition) is 1. The van der Waals surface area contributed by atoms with Crippen LogP contribution in [0.3, 0.4) is 0 Å². The van der Waals surface area contributed by atoms with Crippen molar-refractivity contribution in [2.75, 3.05) is 0 Å². The van der Waals surface area contributed by atoms with E-state index in [1.54, 1.807) is 12.1 Å². The summed E-state index contributed by atoms with van der Waals surface area (Å²) in [5, 5.41) is 8.79. The summed E-state index contributed by atoms with van der Waals surface area (Å²) in [5.41, 5.74) is 3.42. The van der Waals surface area contributed by atoms with Crippen molar-refractivity contribution in [3.63, 3.8) is 0 Å². The van der Waals surface area contributed by atoms with Gasteiger partial charge in [0, 0.05) is 11.5 Å². The summed E-state index contributed by atoms with van der Waals surface area (Å²) in [4.78, 5) is 22.7. The summed E-state index contributed by atoms with van der Waals surface area (Å²) in [5.74, 6) is -0.417. The van der Waals surface area contributed by atoms with E-state index >= 15 is 0 Å². The normalized spacial score (nSPS) is 14.7. The second-order valence-electron chi connectivity index (χ2n) is 4.73. The lowest BCUT2D eigenvalue weighted by molar-refractivity contribution is -0.136.